The van der Waals surface area contributed by atoms with Crippen molar-refractivity contribution >= 4 is 18.3 Å². The van der Waals surface area contributed by atoms with E-state index in [9.17, 15) is 4.79 Å². The van der Waals surface area contributed by atoms with Crippen LogP contribution in [0.5, 0.6) is 0 Å². The second kappa shape index (κ2) is 7.51. The van der Waals surface area contributed by atoms with E-state index in [1.165, 1.54) is 19.3 Å². The number of carbonyl (C=O) groups is 1. The van der Waals surface area contributed by atoms with Crippen LogP contribution >= 0.6 is 12.4 Å². The smallest absolute Gasteiger partial charge is 0.244 e. The normalized spacial score (nSPS) is 17.4. The third-order valence-corrected chi connectivity index (χ3v) is 3.89. The van der Waals surface area contributed by atoms with Crippen LogP contribution < -0.4 is 5.73 Å². The second-order valence-corrected chi connectivity index (χ2v) is 5.13. The van der Waals surface area contributed by atoms with E-state index < -0.39 is 6.04 Å². The van der Waals surface area contributed by atoms with Crippen molar-refractivity contribution < 1.29 is 4.79 Å². The van der Waals surface area contributed by atoms with Gasteiger partial charge in [0.25, 0.3) is 0 Å². The molecule has 0 radical (unpaired) electrons. The van der Waals surface area contributed by atoms with Gasteiger partial charge in [-0.2, -0.15) is 0 Å². The maximum absolute atomic E-state index is 12.3. The maximum Gasteiger partial charge on any atom is 0.244 e. The average Bonchev–Trinajstić information content (AvgIpc) is 2.47. The Morgan fingerprint density at radius 1 is 1.21 bits per heavy atom. The van der Waals surface area contributed by atoms with Crippen LogP contribution in [0, 0.1) is 0 Å². The third kappa shape index (κ3) is 3.95. The molecule has 2 rings (SSSR count). The lowest BCUT2D eigenvalue weighted by atomic mass is 9.93. The molecule has 106 valence electrons. The third-order valence-electron chi connectivity index (χ3n) is 3.89. The molecule has 1 aromatic carbocycles. The fourth-order valence-electron chi connectivity index (χ4n) is 2.67. The first-order valence-electron chi connectivity index (χ1n) is 6.77. The van der Waals surface area contributed by atoms with Crippen LogP contribution in [-0.2, 0) is 4.79 Å². The number of halogens is 1. The maximum atomic E-state index is 12.3. The van der Waals surface area contributed by atoms with E-state index in [4.69, 9.17) is 5.73 Å². The van der Waals surface area contributed by atoms with Gasteiger partial charge >= 0.3 is 0 Å². The second-order valence-electron chi connectivity index (χ2n) is 5.13. The van der Waals surface area contributed by atoms with E-state index in [0.29, 0.717) is 6.04 Å². The predicted molar refractivity (Wildman–Crippen MR) is 80.3 cm³/mol. The summed E-state index contributed by atoms with van der Waals surface area (Å²) >= 11 is 0. The summed E-state index contributed by atoms with van der Waals surface area (Å²) in [5, 5.41) is 0. The molecule has 1 unspecified atom stereocenters. The fraction of sp³-hybridized carbons (Fsp3) is 0.533. The number of nitrogens with two attached hydrogens (primary N) is 1. The van der Waals surface area contributed by atoms with Gasteiger partial charge in [0.2, 0.25) is 5.91 Å². The lowest BCUT2D eigenvalue weighted by Crippen LogP contribution is -2.43. The van der Waals surface area contributed by atoms with Crippen LogP contribution in [0.15, 0.2) is 30.3 Å². The summed E-state index contributed by atoms with van der Waals surface area (Å²) in [6, 6.07) is 9.45. The summed E-state index contributed by atoms with van der Waals surface area (Å²) in [7, 11) is 1.89. The Balaban J connectivity index is 0.00000180. The lowest BCUT2D eigenvalue weighted by molar-refractivity contribution is -0.134. The zero-order chi connectivity index (χ0) is 13.0. The largest absolute Gasteiger partial charge is 0.341 e. The molecular weight excluding hydrogens is 260 g/mol. The average molecular weight is 283 g/mol. The quantitative estimate of drug-likeness (QED) is 0.927. The van der Waals surface area contributed by atoms with E-state index in [2.05, 4.69) is 0 Å². The number of hydrogen-bond acceptors (Lipinski definition) is 2. The van der Waals surface area contributed by atoms with Gasteiger partial charge in [-0.15, -0.1) is 12.4 Å². The molecule has 1 aliphatic rings. The minimum Gasteiger partial charge on any atom is -0.341 e. The van der Waals surface area contributed by atoms with Crippen molar-refractivity contribution in [2.24, 2.45) is 5.73 Å². The zero-order valence-electron chi connectivity index (χ0n) is 11.4. The van der Waals surface area contributed by atoms with E-state index in [-0.39, 0.29) is 18.3 Å². The molecule has 1 saturated carbocycles. The summed E-state index contributed by atoms with van der Waals surface area (Å²) < 4.78 is 0. The molecule has 0 spiro atoms. The molecule has 1 aliphatic carbocycles. The van der Waals surface area contributed by atoms with Gasteiger partial charge in [0.15, 0.2) is 0 Å². The van der Waals surface area contributed by atoms with Crippen LogP contribution in [0.1, 0.15) is 43.7 Å². The van der Waals surface area contributed by atoms with Gasteiger partial charge in [0, 0.05) is 13.1 Å². The Bertz CT molecular complexity index is 390. The number of likely N-dealkylation sites (N-methyl/N-ethyl adjacent to an activating group) is 1. The Morgan fingerprint density at radius 3 is 2.37 bits per heavy atom. The zero-order valence-corrected chi connectivity index (χ0v) is 12.2. The molecule has 1 aromatic rings. The SMILES string of the molecule is CN(C(=O)C(N)c1ccccc1)C1CCCCC1.Cl. The van der Waals surface area contributed by atoms with Gasteiger partial charge in [0.1, 0.15) is 6.04 Å². The van der Waals surface area contributed by atoms with Gasteiger partial charge in [-0.25, -0.2) is 0 Å². The van der Waals surface area contributed by atoms with E-state index >= 15 is 0 Å². The van der Waals surface area contributed by atoms with E-state index in [0.717, 1.165) is 18.4 Å². The van der Waals surface area contributed by atoms with Gasteiger partial charge in [-0.1, -0.05) is 49.6 Å². The number of rotatable bonds is 3. The molecular formula is C15H23ClN2O. The number of carbonyl (C=O) groups excluding carboxylic acids is 1. The first kappa shape index (κ1) is 16.0. The highest BCUT2D eigenvalue weighted by Gasteiger charge is 2.26. The predicted octanol–water partition coefficient (Wildman–Crippen LogP) is 2.90. The number of nitrogens with zero attached hydrogens (tertiary/aromatic N) is 1. The van der Waals surface area contributed by atoms with Crippen molar-refractivity contribution in [1.82, 2.24) is 4.90 Å². The summed E-state index contributed by atoms with van der Waals surface area (Å²) in [6.07, 6.45) is 5.97. The van der Waals surface area contributed by atoms with Crippen molar-refractivity contribution in [3.63, 3.8) is 0 Å². The molecule has 19 heavy (non-hydrogen) atoms. The first-order valence-corrected chi connectivity index (χ1v) is 6.77. The van der Waals surface area contributed by atoms with Crippen LogP contribution in [0.4, 0.5) is 0 Å². The van der Waals surface area contributed by atoms with Gasteiger partial charge in [-0.3, -0.25) is 4.79 Å². The van der Waals surface area contributed by atoms with Crippen molar-refractivity contribution in [1.29, 1.82) is 0 Å². The van der Waals surface area contributed by atoms with Crippen molar-refractivity contribution in [3.05, 3.63) is 35.9 Å². The first-order chi connectivity index (χ1) is 8.70. The molecule has 0 aliphatic heterocycles. The fourth-order valence-corrected chi connectivity index (χ4v) is 2.67. The minimum absolute atomic E-state index is 0. The molecule has 1 fully saturated rings. The van der Waals surface area contributed by atoms with Gasteiger partial charge in [-0.05, 0) is 18.4 Å². The Labute approximate surface area is 121 Å². The highest BCUT2D eigenvalue weighted by atomic mass is 35.5. The van der Waals surface area contributed by atoms with Gasteiger partial charge < -0.3 is 10.6 Å². The number of benzene rings is 1. The van der Waals surface area contributed by atoms with E-state index in [1.54, 1.807) is 0 Å². The molecule has 3 nitrogen and oxygen atoms in total. The van der Waals surface area contributed by atoms with Crippen LogP contribution in [-0.4, -0.2) is 23.9 Å². The summed E-state index contributed by atoms with van der Waals surface area (Å²) in [5.74, 6) is 0.0353. The number of hydrogen-bond donors (Lipinski definition) is 1. The molecule has 1 atom stereocenters. The summed E-state index contributed by atoms with van der Waals surface area (Å²) in [6.45, 7) is 0. The Morgan fingerprint density at radius 2 is 1.79 bits per heavy atom. The Hall–Kier alpha value is -1.06. The van der Waals surface area contributed by atoms with E-state index in [1.807, 2.05) is 42.3 Å². The highest BCUT2D eigenvalue weighted by Crippen LogP contribution is 2.23. The topological polar surface area (TPSA) is 46.3 Å². The van der Waals surface area contributed by atoms with Gasteiger partial charge in [0.05, 0.1) is 0 Å². The summed E-state index contributed by atoms with van der Waals surface area (Å²) in [5.41, 5.74) is 6.95. The highest BCUT2D eigenvalue weighted by molar-refractivity contribution is 5.85. The lowest BCUT2D eigenvalue weighted by Gasteiger charge is -2.33. The van der Waals surface area contributed by atoms with Crippen molar-refractivity contribution in [2.75, 3.05) is 7.05 Å². The minimum atomic E-state index is -0.530. The van der Waals surface area contributed by atoms with Crippen LogP contribution in [0.2, 0.25) is 0 Å². The monoisotopic (exact) mass is 282 g/mol. The molecule has 0 saturated heterocycles. The molecule has 0 bridgehead atoms. The molecule has 0 heterocycles. The van der Waals surface area contributed by atoms with Crippen LogP contribution in [0.25, 0.3) is 0 Å². The van der Waals surface area contributed by atoms with Crippen LogP contribution in [0.3, 0.4) is 0 Å². The standard InChI is InChI=1S/C15H22N2O.ClH/c1-17(13-10-6-3-7-11-13)15(18)14(16)12-8-4-2-5-9-12;/h2,4-5,8-9,13-14H,3,6-7,10-11,16H2,1H3;1H. The molecule has 0 aromatic heterocycles. The molecule has 2 N–H and O–H groups in total. The molecule has 4 heteroatoms. The number of amides is 1. The summed E-state index contributed by atoms with van der Waals surface area (Å²) in [4.78, 5) is 14.2. The Kier molecular flexibility index (Phi) is 6.32. The van der Waals surface area contributed by atoms with Crippen molar-refractivity contribution in [2.45, 2.75) is 44.2 Å². The molecule has 1 amide bonds. The van der Waals surface area contributed by atoms with Crippen molar-refractivity contribution in [3.8, 4) is 0 Å².